The van der Waals surface area contributed by atoms with Gasteiger partial charge in [-0.2, -0.15) is 0 Å². The van der Waals surface area contributed by atoms with Gasteiger partial charge in [-0.1, -0.05) is 196 Å². The van der Waals surface area contributed by atoms with E-state index in [4.69, 9.17) is 23.2 Å². The molecule has 0 fully saturated rings. The monoisotopic (exact) mass is 812 g/mol. The van der Waals surface area contributed by atoms with Crippen LogP contribution in [0.1, 0.15) is 170 Å². The van der Waals surface area contributed by atoms with Crippen molar-refractivity contribution in [3.63, 3.8) is 0 Å². The number of carbonyl (C=O) groups excluding carboxylic acids is 4. The Bertz CT molecular complexity index is 1490. The molecule has 0 aliphatic heterocycles. The molecule has 0 atom stereocenters. The van der Waals surface area contributed by atoms with E-state index >= 15 is 0 Å². The Labute approximate surface area is 341 Å². The molecule has 0 unspecified atom stereocenters. The molecule has 6 nitrogen and oxygen atoms in total. The highest BCUT2D eigenvalue weighted by Gasteiger charge is 2.32. The minimum absolute atomic E-state index is 0.00571. The van der Waals surface area contributed by atoms with Crippen LogP contribution < -0.4 is 10.6 Å². The summed E-state index contributed by atoms with van der Waals surface area (Å²) < 4.78 is 0. The number of carbonyl (C=O) groups is 4. The number of Topliss-reactive ketones (excluding diaryl/α,β-unsaturated/α-hetero) is 4. The first-order valence-electron chi connectivity index (χ1n) is 20.3. The van der Waals surface area contributed by atoms with Crippen LogP contribution in [0.15, 0.2) is 70.0 Å². The quantitative estimate of drug-likeness (QED) is 0.0620. The van der Waals surface area contributed by atoms with Crippen molar-refractivity contribution in [2.24, 2.45) is 0 Å². The smallest absolute Gasteiger partial charge is 0.211 e. The number of hydrogen-bond acceptors (Lipinski definition) is 8. The van der Waals surface area contributed by atoms with E-state index in [1.807, 2.05) is 0 Å². The molecular formula is C44H58Cl2N2O4S2. The van der Waals surface area contributed by atoms with Crippen LogP contribution in [0, 0.1) is 0 Å². The van der Waals surface area contributed by atoms with Crippen LogP contribution >= 0.6 is 44.8 Å². The third-order valence-corrected chi connectivity index (χ3v) is 13.4. The Kier molecular flexibility index (Phi) is 21.0. The molecule has 294 valence electrons. The number of ketones is 4. The number of fused-ring (bicyclic) bond motifs is 2. The maximum atomic E-state index is 12.7. The molecule has 4 rings (SSSR count). The maximum absolute atomic E-state index is 12.7. The second kappa shape index (κ2) is 25.6. The lowest BCUT2D eigenvalue weighted by molar-refractivity contribution is 0.0974. The largest absolute Gasteiger partial charge is 0.381 e. The molecule has 0 amide bonds. The fraction of sp³-hybridized carbons (Fsp3) is 0.545. The van der Waals surface area contributed by atoms with Gasteiger partial charge in [0.2, 0.25) is 23.1 Å². The highest BCUT2D eigenvalue weighted by molar-refractivity contribution is 8.76. The lowest BCUT2D eigenvalue weighted by Gasteiger charge is -2.18. The molecular weight excluding hydrogens is 756 g/mol. The number of allylic oxidation sites excluding steroid dienone is 4. The number of rotatable bonds is 29. The number of hydrogen-bond donors (Lipinski definition) is 2. The third-order valence-electron chi connectivity index (χ3n) is 10.1. The summed E-state index contributed by atoms with van der Waals surface area (Å²) >= 11 is 12.4. The van der Waals surface area contributed by atoms with Gasteiger partial charge in [0.15, 0.2) is 0 Å². The highest BCUT2D eigenvalue weighted by atomic mass is 35.5. The number of benzene rings is 2. The summed E-state index contributed by atoms with van der Waals surface area (Å²) in [5.41, 5.74) is 2.13. The van der Waals surface area contributed by atoms with Crippen molar-refractivity contribution in [1.29, 1.82) is 0 Å². The molecule has 2 aromatic carbocycles. The van der Waals surface area contributed by atoms with E-state index in [0.29, 0.717) is 35.3 Å². The van der Waals surface area contributed by atoms with Gasteiger partial charge < -0.3 is 10.6 Å². The molecule has 0 radical (unpaired) electrons. The average Bonchev–Trinajstić information content (AvgIpc) is 3.19. The van der Waals surface area contributed by atoms with E-state index in [1.165, 1.54) is 114 Å². The fourth-order valence-electron chi connectivity index (χ4n) is 6.95. The zero-order valence-corrected chi connectivity index (χ0v) is 34.9. The van der Waals surface area contributed by atoms with Crippen LogP contribution in [0.3, 0.4) is 0 Å². The summed E-state index contributed by atoms with van der Waals surface area (Å²) in [7, 11) is 4.10. The van der Waals surface area contributed by atoms with Gasteiger partial charge in [0.1, 0.15) is 21.5 Å². The standard InChI is InChI=1S/C44H58Cl2N2O4S2/c45-37-39(43(51)35-27-19-17-25-33(35)41(37)49)47-29-21-13-9-5-1-3-7-11-15-23-31-53-54-32-24-16-12-8-4-2-6-10-14-22-30-48-40-38(46)42(50)34-26-18-20-28-36(34)44(40)52/h17-20,25-28,47-48H,1-16,21-24,29-32H2. The molecule has 2 aliphatic carbocycles. The summed E-state index contributed by atoms with van der Waals surface area (Å²) in [6.45, 7) is 1.30. The van der Waals surface area contributed by atoms with Gasteiger partial charge in [-0.05, 0) is 25.7 Å². The van der Waals surface area contributed by atoms with Crippen molar-refractivity contribution in [2.75, 3.05) is 24.6 Å². The summed E-state index contributed by atoms with van der Waals surface area (Å²) in [6.07, 6.45) is 24.9. The summed E-state index contributed by atoms with van der Waals surface area (Å²) in [5, 5.41) is 6.27. The van der Waals surface area contributed by atoms with Gasteiger partial charge in [-0.15, -0.1) is 0 Å². The molecule has 2 N–H and O–H groups in total. The SMILES string of the molecule is O=C1C(Cl)=C(NCCCCCCCCCCCCSSCCCCCCCCCCCCNC2=C(Cl)C(=O)c3ccccc3C2=O)C(=O)c2ccccc21. The first-order chi connectivity index (χ1) is 26.4. The van der Waals surface area contributed by atoms with Crippen molar-refractivity contribution < 1.29 is 19.2 Å². The minimum atomic E-state index is -0.279. The third kappa shape index (κ3) is 14.2. The van der Waals surface area contributed by atoms with Gasteiger partial charge in [0, 0.05) is 46.8 Å². The van der Waals surface area contributed by atoms with Crippen LogP contribution in [0.25, 0.3) is 0 Å². The van der Waals surface area contributed by atoms with Crippen molar-refractivity contribution in [3.05, 3.63) is 92.2 Å². The van der Waals surface area contributed by atoms with Gasteiger partial charge in [-0.25, -0.2) is 0 Å². The van der Waals surface area contributed by atoms with Crippen LogP contribution in [0.5, 0.6) is 0 Å². The zero-order valence-electron chi connectivity index (χ0n) is 31.8. The molecule has 54 heavy (non-hydrogen) atoms. The van der Waals surface area contributed by atoms with E-state index in [2.05, 4.69) is 32.2 Å². The Balaban J connectivity index is 0.831. The van der Waals surface area contributed by atoms with Crippen LogP contribution in [0.2, 0.25) is 0 Å². The minimum Gasteiger partial charge on any atom is -0.381 e. The predicted octanol–water partition coefficient (Wildman–Crippen LogP) is 12.4. The van der Waals surface area contributed by atoms with Crippen LogP contribution in [0.4, 0.5) is 0 Å². The molecule has 0 aromatic heterocycles. The summed E-state index contributed by atoms with van der Waals surface area (Å²) in [5.74, 6) is 1.59. The maximum Gasteiger partial charge on any atom is 0.211 e. The second-order valence-electron chi connectivity index (χ2n) is 14.4. The molecule has 10 heteroatoms. The zero-order chi connectivity index (χ0) is 38.4. The van der Waals surface area contributed by atoms with Gasteiger partial charge in [0.05, 0.1) is 0 Å². The molecule has 0 heterocycles. The first kappa shape index (κ1) is 44.2. The summed E-state index contributed by atoms with van der Waals surface area (Å²) in [6, 6.07) is 13.7. The van der Waals surface area contributed by atoms with Crippen molar-refractivity contribution in [1.82, 2.24) is 10.6 Å². The Morgan fingerprint density at radius 3 is 0.944 bits per heavy atom. The summed E-state index contributed by atoms with van der Waals surface area (Å²) in [4.78, 5) is 50.4. The molecule has 0 saturated heterocycles. The molecule has 2 aliphatic rings. The van der Waals surface area contributed by atoms with E-state index in [9.17, 15) is 19.2 Å². The van der Waals surface area contributed by atoms with Gasteiger partial charge in [-0.3, -0.25) is 19.2 Å². The lowest BCUT2D eigenvalue weighted by Crippen LogP contribution is -2.29. The van der Waals surface area contributed by atoms with Crippen LogP contribution in [-0.4, -0.2) is 47.7 Å². The van der Waals surface area contributed by atoms with Crippen molar-refractivity contribution in [2.45, 2.75) is 128 Å². The fourth-order valence-corrected chi connectivity index (χ4v) is 9.75. The Morgan fingerprint density at radius 1 is 0.370 bits per heavy atom. The van der Waals surface area contributed by atoms with E-state index in [1.54, 1.807) is 48.5 Å². The second-order valence-corrected chi connectivity index (χ2v) is 17.8. The van der Waals surface area contributed by atoms with E-state index < -0.39 is 0 Å². The predicted molar refractivity (Wildman–Crippen MR) is 229 cm³/mol. The van der Waals surface area contributed by atoms with Gasteiger partial charge >= 0.3 is 0 Å². The molecule has 2 aromatic rings. The Hall–Kier alpha value is -2.52. The average molecular weight is 814 g/mol. The molecule has 0 saturated carbocycles. The van der Waals surface area contributed by atoms with Crippen LogP contribution in [-0.2, 0) is 0 Å². The number of unbranched alkanes of at least 4 members (excludes halogenated alkanes) is 18. The number of halogens is 2. The normalized spacial score (nSPS) is 14.2. The molecule has 0 bridgehead atoms. The van der Waals surface area contributed by atoms with E-state index in [0.717, 1.165) is 25.7 Å². The Morgan fingerprint density at radius 2 is 0.630 bits per heavy atom. The van der Waals surface area contributed by atoms with Crippen molar-refractivity contribution in [3.8, 4) is 0 Å². The number of nitrogens with one attached hydrogen (secondary N) is 2. The van der Waals surface area contributed by atoms with E-state index in [-0.39, 0.29) is 44.6 Å². The lowest BCUT2D eigenvalue weighted by atomic mass is 9.92. The first-order valence-corrected chi connectivity index (χ1v) is 23.5. The molecule has 0 spiro atoms. The topological polar surface area (TPSA) is 92.3 Å². The van der Waals surface area contributed by atoms with Gasteiger partial charge in [0.25, 0.3) is 0 Å². The highest BCUT2D eigenvalue weighted by Crippen LogP contribution is 2.29. The van der Waals surface area contributed by atoms with Crippen molar-refractivity contribution >= 4 is 67.9 Å².